The van der Waals surface area contributed by atoms with Gasteiger partial charge in [-0.25, -0.2) is 9.59 Å². The molecule has 0 aliphatic rings. The zero-order valence-electron chi connectivity index (χ0n) is 45.8. The van der Waals surface area contributed by atoms with Crippen LogP contribution in [-0.2, 0) is 38.1 Å². The molecule has 0 radical (unpaired) electrons. The summed E-state index contributed by atoms with van der Waals surface area (Å²) in [6, 6.07) is 0. The zero-order valence-corrected chi connectivity index (χ0v) is 45.8. The monoisotopic (exact) mass is 1650 g/mol. The molecule has 0 aliphatic carbocycles. The van der Waals surface area contributed by atoms with Crippen LogP contribution in [-0.4, -0.2) is 204 Å². The van der Waals surface area contributed by atoms with E-state index in [0.717, 1.165) is 0 Å². The zero-order chi connectivity index (χ0) is 83.5. The standard InChI is InChI=1S/C40H18F54O8/c1-9(95)101-11(5-15(41,42)17(45,46)19(49,50)21(53,54)23(57,58)25(61,62)27(65,66)29(69,70)31(73,74)33(77,78)35(81,82)37(85,86)39(89,90)91)7-99-13(97)3-4-14(98)100-8-12(102-10(2)96)6-16(43,44)18(47,48)20(51,52)22(55,56)24(59,60)26(63,64)28(67,68)30(71,72)32(75,76)34(79,80)36(83,84)38(87,88)40(92,93)94/h3-4,11-12H,5-8H2,1-2H3/b4-3-. The molecule has 2 unspecified atom stereocenters. The molecule has 0 aromatic rings. The van der Waals surface area contributed by atoms with Crippen LogP contribution in [0, 0.1) is 0 Å². The van der Waals surface area contributed by atoms with Crippen LogP contribution in [0.5, 0.6) is 0 Å². The van der Waals surface area contributed by atoms with E-state index in [1.165, 1.54) is 0 Å². The first kappa shape index (κ1) is 95.8. The molecule has 0 heterocycles. The molecular weight excluding hydrogens is 1630 g/mol. The van der Waals surface area contributed by atoms with E-state index >= 15 is 0 Å². The van der Waals surface area contributed by atoms with Crippen molar-refractivity contribution in [2.45, 2.75) is 193 Å². The van der Waals surface area contributed by atoms with Crippen molar-refractivity contribution in [3.63, 3.8) is 0 Å². The van der Waals surface area contributed by atoms with Gasteiger partial charge in [0.1, 0.15) is 25.4 Å². The highest BCUT2D eigenvalue weighted by Gasteiger charge is 3.03. The van der Waals surface area contributed by atoms with Crippen LogP contribution in [0.3, 0.4) is 0 Å². The molecule has 8 nitrogen and oxygen atoms in total. The maximum absolute atomic E-state index is 14.7. The Balaban J connectivity index is 7.14. The normalized spacial score (nSPS) is 16.8. The molecule has 0 aromatic carbocycles. The summed E-state index contributed by atoms with van der Waals surface area (Å²) in [6.07, 6.45) is -34.6. The van der Waals surface area contributed by atoms with E-state index in [9.17, 15) is 256 Å². The molecule has 0 amide bonds. The molecule has 62 heteroatoms. The third-order valence-corrected chi connectivity index (χ3v) is 12.3. The lowest BCUT2D eigenvalue weighted by Crippen LogP contribution is -2.78. The lowest BCUT2D eigenvalue weighted by atomic mass is 9.83. The molecule has 0 rings (SSSR count). The van der Waals surface area contributed by atoms with Crippen LogP contribution in [0.25, 0.3) is 0 Å². The predicted octanol–water partition coefficient (Wildman–Crippen LogP) is 17.6. The summed E-state index contributed by atoms with van der Waals surface area (Å²) in [6.45, 7) is -5.97. The number of ether oxygens (including phenoxy) is 4. The molecule has 0 saturated carbocycles. The van der Waals surface area contributed by atoms with E-state index in [1.807, 2.05) is 0 Å². The summed E-state index contributed by atoms with van der Waals surface area (Å²) in [5.74, 6) is -240. The van der Waals surface area contributed by atoms with Crippen molar-refractivity contribution in [1.29, 1.82) is 0 Å². The van der Waals surface area contributed by atoms with Crippen LogP contribution in [0.4, 0.5) is 237 Å². The Morgan fingerprint density at radius 1 is 0.225 bits per heavy atom. The third kappa shape index (κ3) is 13.7. The number of alkyl halides is 54. The molecule has 604 valence electrons. The van der Waals surface area contributed by atoms with E-state index in [2.05, 4.69) is 18.9 Å². The van der Waals surface area contributed by atoms with Gasteiger partial charge >= 0.3 is 178 Å². The first-order valence-electron chi connectivity index (χ1n) is 23.1. The minimum absolute atomic E-state index is 0.221. The van der Waals surface area contributed by atoms with Gasteiger partial charge in [-0.2, -0.15) is 237 Å². The Bertz CT molecular complexity index is 2840. The van der Waals surface area contributed by atoms with Gasteiger partial charge in [0.2, 0.25) is 0 Å². The van der Waals surface area contributed by atoms with Gasteiger partial charge in [-0.3, -0.25) is 9.59 Å². The Hall–Kier alpha value is -6.16. The molecule has 0 saturated heterocycles. The number of halogens is 54. The van der Waals surface area contributed by atoms with Crippen molar-refractivity contribution < 1.29 is 275 Å². The summed E-state index contributed by atoms with van der Waals surface area (Å²) in [5, 5.41) is 0. The molecule has 0 aliphatic heterocycles. The molecule has 2 atom stereocenters. The topological polar surface area (TPSA) is 105 Å². The number of carbonyl (C=O) groups is 4. The van der Waals surface area contributed by atoms with Crippen LogP contribution >= 0.6 is 0 Å². The summed E-state index contributed by atoms with van der Waals surface area (Å²) in [7, 11) is 0. The second-order valence-corrected chi connectivity index (χ2v) is 19.5. The van der Waals surface area contributed by atoms with Gasteiger partial charge < -0.3 is 18.9 Å². The van der Waals surface area contributed by atoms with Gasteiger partial charge in [0.05, 0.1) is 12.8 Å². The summed E-state index contributed by atoms with van der Waals surface area (Å²) >= 11 is 0. The second kappa shape index (κ2) is 26.4. The van der Waals surface area contributed by atoms with E-state index in [-0.39, 0.29) is 13.8 Å². The van der Waals surface area contributed by atoms with Crippen molar-refractivity contribution in [1.82, 2.24) is 0 Å². The lowest BCUT2D eigenvalue weighted by Gasteiger charge is -2.46. The SMILES string of the molecule is CC(=O)OC(COC(=O)/C=C\C(=O)OCC(CC(F)(F)C(F)(F)C(F)(F)C(F)(F)C(F)(F)C(F)(F)C(F)(F)C(F)(F)C(F)(F)C(F)(F)C(F)(F)C(F)(F)C(F)(F)F)OC(C)=O)CC(F)(F)C(F)(F)C(F)(F)C(F)(F)C(F)(F)C(F)(F)C(F)(F)C(F)(F)C(F)(F)C(F)(F)C(F)(F)C(F)(F)C(F)(F)F. The fraction of sp³-hybridized carbons (Fsp3) is 0.850. The number of carbonyl (C=O) groups excluding carboxylic acids is 4. The van der Waals surface area contributed by atoms with E-state index in [4.69, 9.17) is 0 Å². The predicted molar refractivity (Wildman–Crippen MR) is 202 cm³/mol. The number of hydrogen-bond acceptors (Lipinski definition) is 8. The Kier molecular flexibility index (Phi) is 24.8. The molecule has 0 N–H and O–H groups in total. The molecule has 0 bridgehead atoms. The van der Waals surface area contributed by atoms with Gasteiger partial charge in [0.25, 0.3) is 0 Å². The first-order valence-corrected chi connectivity index (χ1v) is 23.1. The molecule has 0 spiro atoms. The second-order valence-electron chi connectivity index (χ2n) is 19.5. The Morgan fingerprint density at radius 2 is 0.353 bits per heavy atom. The largest absolute Gasteiger partial charge is 0.460 e. The van der Waals surface area contributed by atoms with Gasteiger partial charge in [-0.05, 0) is 0 Å². The van der Waals surface area contributed by atoms with E-state index in [1.54, 1.807) is 0 Å². The third-order valence-electron chi connectivity index (χ3n) is 12.3. The van der Waals surface area contributed by atoms with Gasteiger partial charge in [0.15, 0.2) is 0 Å². The van der Waals surface area contributed by atoms with E-state index < -0.39 is 229 Å². The summed E-state index contributed by atoms with van der Waals surface area (Å²) < 4.78 is 764. The highest BCUT2D eigenvalue weighted by atomic mass is 19.5. The fourth-order valence-corrected chi connectivity index (χ4v) is 6.51. The average molecular weight is 1650 g/mol. The quantitative estimate of drug-likeness (QED) is 0.0272. The van der Waals surface area contributed by atoms with Crippen molar-refractivity contribution in [3.05, 3.63) is 12.2 Å². The molecule has 0 fully saturated rings. The van der Waals surface area contributed by atoms with Crippen LogP contribution in [0.1, 0.15) is 26.7 Å². The molecular formula is C40H18F54O8. The highest BCUT2D eigenvalue weighted by molar-refractivity contribution is 5.91. The van der Waals surface area contributed by atoms with Crippen molar-refractivity contribution in [2.24, 2.45) is 0 Å². The molecule has 102 heavy (non-hydrogen) atoms. The first-order chi connectivity index (χ1) is 43.6. The maximum Gasteiger partial charge on any atom is 0.460 e. The highest BCUT2D eigenvalue weighted by Crippen LogP contribution is 2.72. The van der Waals surface area contributed by atoms with Gasteiger partial charge in [-0.15, -0.1) is 0 Å². The minimum Gasteiger partial charge on any atom is -0.459 e. The lowest BCUT2D eigenvalue weighted by molar-refractivity contribution is -0.485. The maximum atomic E-state index is 14.7. The van der Waals surface area contributed by atoms with Crippen molar-refractivity contribution >= 4 is 23.9 Å². The van der Waals surface area contributed by atoms with Gasteiger partial charge in [0, 0.05) is 26.0 Å². The average Bonchev–Trinajstić information content (AvgIpc) is 0.686. The number of rotatable bonds is 34. The van der Waals surface area contributed by atoms with E-state index in [0.29, 0.717) is 0 Å². The van der Waals surface area contributed by atoms with Crippen molar-refractivity contribution in [2.75, 3.05) is 13.2 Å². The summed E-state index contributed by atoms with van der Waals surface area (Å²) in [4.78, 5) is 46.6. The van der Waals surface area contributed by atoms with Crippen LogP contribution in [0.15, 0.2) is 12.2 Å². The molecule has 0 aromatic heterocycles. The number of esters is 4. The Labute approximate surface area is 518 Å². The van der Waals surface area contributed by atoms with Crippen molar-refractivity contribution in [3.8, 4) is 0 Å². The fourth-order valence-electron chi connectivity index (χ4n) is 6.51. The minimum atomic E-state index is -10.2. The summed E-state index contributed by atoms with van der Waals surface area (Å²) in [5.41, 5.74) is 0. The van der Waals surface area contributed by atoms with Gasteiger partial charge in [-0.1, -0.05) is 0 Å². The Morgan fingerprint density at radius 3 is 0.480 bits per heavy atom. The van der Waals surface area contributed by atoms with Crippen LogP contribution in [0.2, 0.25) is 0 Å². The van der Waals surface area contributed by atoms with Crippen LogP contribution < -0.4 is 0 Å². The smallest absolute Gasteiger partial charge is 0.459 e. The number of hydrogen-bond donors (Lipinski definition) is 0.